The monoisotopic (exact) mass is 198 g/mol. The smallest absolute Gasteiger partial charge is 0.162 e. The first-order valence-corrected chi connectivity index (χ1v) is 4.59. The number of carbonyl (C=O) groups is 1. The maximum Gasteiger partial charge on any atom is 0.162 e. The standard InChI is InChI=1S/C11H12F2O/c1-2-4-9(14)7-8-5-3-6-10(12)11(8)13/h3,5-6H,2,4,7H2,1H3. The maximum atomic E-state index is 13.1. The van der Waals surface area contributed by atoms with Crippen LogP contribution in [-0.2, 0) is 11.2 Å². The molecule has 0 atom stereocenters. The zero-order chi connectivity index (χ0) is 10.6. The van der Waals surface area contributed by atoms with Crippen molar-refractivity contribution < 1.29 is 13.6 Å². The van der Waals surface area contributed by atoms with Gasteiger partial charge >= 0.3 is 0 Å². The molecule has 0 aliphatic heterocycles. The van der Waals surface area contributed by atoms with Gasteiger partial charge in [0, 0.05) is 12.8 Å². The van der Waals surface area contributed by atoms with Crippen molar-refractivity contribution in [2.45, 2.75) is 26.2 Å². The van der Waals surface area contributed by atoms with Crippen LogP contribution >= 0.6 is 0 Å². The molecular formula is C11H12F2O. The van der Waals surface area contributed by atoms with E-state index in [-0.39, 0.29) is 17.8 Å². The van der Waals surface area contributed by atoms with Gasteiger partial charge in [0.2, 0.25) is 0 Å². The van der Waals surface area contributed by atoms with Gasteiger partial charge in [0.25, 0.3) is 0 Å². The third-order valence-corrected chi connectivity index (χ3v) is 1.95. The molecule has 0 aliphatic carbocycles. The van der Waals surface area contributed by atoms with Crippen LogP contribution in [-0.4, -0.2) is 5.78 Å². The summed E-state index contributed by atoms with van der Waals surface area (Å²) in [7, 11) is 0. The summed E-state index contributed by atoms with van der Waals surface area (Å²) in [5.74, 6) is -1.86. The van der Waals surface area contributed by atoms with Crippen LogP contribution in [0.2, 0.25) is 0 Å². The molecule has 0 bridgehead atoms. The first-order valence-electron chi connectivity index (χ1n) is 4.59. The van der Waals surface area contributed by atoms with Gasteiger partial charge in [-0.25, -0.2) is 8.78 Å². The summed E-state index contributed by atoms with van der Waals surface area (Å²) in [6.45, 7) is 1.87. The zero-order valence-electron chi connectivity index (χ0n) is 8.02. The number of Topliss-reactive ketones (excluding diaryl/α,β-unsaturated/α-hetero) is 1. The molecule has 1 rings (SSSR count). The van der Waals surface area contributed by atoms with Crippen LogP contribution in [0.15, 0.2) is 18.2 Å². The number of ketones is 1. The highest BCUT2D eigenvalue weighted by atomic mass is 19.2. The minimum atomic E-state index is -0.906. The van der Waals surface area contributed by atoms with Crippen molar-refractivity contribution in [3.63, 3.8) is 0 Å². The molecule has 0 heterocycles. The van der Waals surface area contributed by atoms with Gasteiger partial charge < -0.3 is 0 Å². The molecule has 0 fully saturated rings. The molecule has 1 nitrogen and oxygen atoms in total. The lowest BCUT2D eigenvalue weighted by atomic mass is 10.1. The lowest BCUT2D eigenvalue weighted by Gasteiger charge is -2.02. The number of hydrogen-bond donors (Lipinski definition) is 0. The molecule has 0 amide bonds. The van der Waals surface area contributed by atoms with E-state index in [2.05, 4.69) is 0 Å². The first kappa shape index (κ1) is 10.8. The maximum absolute atomic E-state index is 13.1. The highest BCUT2D eigenvalue weighted by Crippen LogP contribution is 2.12. The Labute approximate surface area is 81.7 Å². The molecular weight excluding hydrogens is 186 g/mol. The van der Waals surface area contributed by atoms with Gasteiger partial charge in [-0.1, -0.05) is 19.1 Å². The molecule has 0 unspecified atom stereocenters. The van der Waals surface area contributed by atoms with Gasteiger partial charge in [0.05, 0.1) is 0 Å². The quantitative estimate of drug-likeness (QED) is 0.727. The highest BCUT2D eigenvalue weighted by molar-refractivity contribution is 5.80. The number of carbonyl (C=O) groups excluding carboxylic acids is 1. The molecule has 1 aromatic carbocycles. The second-order valence-electron chi connectivity index (χ2n) is 3.18. The van der Waals surface area contributed by atoms with Crippen LogP contribution in [0.1, 0.15) is 25.3 Å². The molecule has 0 spiro atoms. The Morgan fingerprint density at radius 3 is 2.71 bits per heavy atom. The van der Waals surface area contributed by atoms with E-state index in [0.29, 0.717) is 6.42 Å². The van der Waals surface area contributed by atoms with E-state index in [4.69, 9.17) is 0 Å². The Morgan fingerprint density at radius 1 is 1.36 bits per heavy atom. The summed E-state index contributed by atoms with van der Waals surface area (Å²) in [5.41, 5.74) is 0.142. The van der Waals surface area contributed by atoms with E-state index in [1.54, 1.807) is 0 Å². The summed E-state index contributed by atoms with van der Waals surface area (Å²) in [6.07, 6.45) is 1.13. The van der Waals surface area contributed by atoms with Gasteiger partial charge in [0.15, 0.2) is 11.6 Å². The van der Waals surface area contributed by atoms with Crippen LogP contribution in [0.3, 0.4) is 0 Å². The lowest BCUT2D eigenvalue weighted by molar-refractivity contribution is -0.118. The normalized spacial score (nSPS) is 10.2. The van der Waals surface area contributed by atoms with Crippen LogP contribution in [0.5, 0.6) is 0 Å². The molecule has 0 aromatic heterocycles. The third-order valence-electron chi connectivity index (χ3n) is 1.95. The van der Waals surface area contributed by atoms with Crippen molar-refractivity contribution in [3.8, 4) is 0 Å². The van der Waals surface area contributed by atoms with Gasteiger partial charge in [-0.15, -0.1) is 0 Å². The second kappa shape index (κ2) is 4.84. The van der Waals surface area contributed by atoms with Crippen LogP contribution < -0.4 is 0 Å². The molecule has 0 saturated heterocycles. The zero-order valence-corrected chi connectivity index (χ0v) is 8.02. The number of hydrogen-bond acceptors (Lipinski definition) is 1. The Kier molecular flexibility index (Phi) is 3.74. The molecule has 76 valence electrons. The lowest BCUT2D eigenvalue weighted by Crippen LogP contribution is -2.04. The van der Waals surface area contributed by atoms with Crippen molar-refractivity contribution in [1.29, 1.82) is 0 Å². The molecule has 3 heteroatoms. The van der Waals surface area contributed by atoms with E-state index in [0.717, 1.165) is 12.5 Å². The van der Waals surface area contributed by atoms with E-state index in [9.17, 15) is 13.6 Å². The van der Waals surface area contributed by atoms with E-state index >= 15 is 0 Å². The van der Waals surface area contributed by atoms with Gasteiger partial charge in [0.1, 0.15) is 5.78 Å². The fourth-order valence-corrected chi connectivity index (χ4v) is 1.26. The molecule has 0 aliphatic rings. The summed E-state index contributed by atoms with van der Waals surface area (Å²) in [4.78, 5) is 11.2. The van der Waals surface area contributed by atoms with Crippen molar-refractivity contribution in [2.24, 2.45) is 0 Å². The molecule has 0 radical (unpaired) electrons. The predicted octanol–water partition coefficient (Wildman–Crippen LogP) is 2.88. The Bertz CT molecular complexity index is 334. The summed E-state index contributed by atoms with van der Waals surface area (Å²) in [6, 6.07) is 3.89. The number of rotatable bonds is 4. The molecule has 0 saturated carbocycles. The minimum absolute atomic E-state index is 0.0164. The van der Waals surface area contributed by atoms with Crippen LogP contribution in [0.25, 0.3) is 0 Å². The largest absolute Gasteiger partial charge is 0.299 e. The van der Waals surface area contributed by atoms with Gasteiger partial charge in [-0.05, 0) is 18.1 Å². The Balaban J connectivity index is 2.76. The number of benzene rings is 1. The van der Waals surface area contributed by atoms with Crippen molar-refractivity contribution >= 4 is 5.78 Å². The van der Waals surface area contributed by atoms with Gasteiger partial charge in [-0.3, -0.25) is 4.79 Å². The second-order valence-corrected chi connectivity index (χ2v) is 3.18. The highest BCUT2D eigenvalue weighted by Gasteiger charge is 2.10. The summed E-state index contributed by atoms with van der Waals surface area (Å²) >= 11 is 0. The van der Waals surface area contributed by atoms with E-state index < -0.39 is 11.6 Å². The Morgan fingerprint density at radius 2 is 2.07 bits per heavy atom. The van der Waals surface area contributed by atoms with Crippen LogP contribution in [0.4, 0.5) is 8.78 Å². The SMILES string of the molecule is CCCC(=O)Cc1cccc(F)c1F. The van der Waals surface area contributed by atoms with Crippen LogP contribution in [0, 0.1) is 11.6 Å². The van der Waals surface area contributed by atoms with Crippen molar-refractivity contribution in [1.82, 2.24) is 0 Å². The molecule has 14 heavy (non-hydrogen) atoms. The summed E-state index contributed by atoms with van der Waals surface area (Å²) < 4.78 is 25.8. The first-order chi connectivity index (χ1) is 6.65. The average molecular weight is 198 g/mol. The van der Waals surface area contributed by atoms with Crippen molar-refractivity contribution in [2.75, 3.05) is 0 Å². The average Bonchev–Trinajstić information content (AvgIpc) is 2.13. The molecule has 0 N–H and O–H groups in total. The topological polar surface area (TPSA) is 17.1 Å². The molecule has 1 aromatic rings. The number of halogens is 2. The minimum Gasteiger partial charge on any atom is -0.299 e. The van der Waals surface area contributed by atoms with E-state index in [1.807, 2.05) is 6.92 Å². The summed E-state index contributed by atoms with van der Waals surface area (Å²) in [5, 5.41) is 0. The Hall–Kier alpha value is -1.25. The third kappa shape index (κ3) is 2.62. The fourth-order valence-electron chi connectivity index (χ4n) is 1.26. The predicted molar refractivity (Wildman–Crippen MR) is 50.0 cm³/mol. The fraction of sp³-hybridized carbons (Fsp3) is 0.364. The van der Waals surface area contributed by atoms with E-state index in [1.165, 1.54) is 12.1 Å². The van der Waals surface area contributed by atoms with Crippen molar-refractivity contribution in [3.05, 3.63) is 35.4 Å². The van der Waals surface area contributed by atoms with Gasteiger partial charge in [-0.2, -0.15) is 0 Å².